The minimum absolute atomic E-state index is 0.0443. The Kier molecular flexibility index (Phi) is 7.27. The molecule has 2 aliphatic rings. The Bertz CT molecular complexity index is 1290. The zero-order valence-corrected chi connectivity index (χ0v) is 22.2. The maximum atomic E-state index is 10.8. The second-order valence-corrected chi connectivity index (χ2v) is 9.92. The average Bonchev–Trinajstić information content (AvgIpc) is 3.52. The lowest BCUT2D eigenvalue weighted by Crippen LogP contribution is -2.22. The van der Waals surface area contributed by atoms with E-state index in [4.69, 9.17) is 28.4 Å². The molecule has 0 radical (unpaired) electrons. The van der Waals surface area contributed by atoms with Gasteiger partial charge in [0.05, 0.1) is 26.4 Å². The van der Waals surface area contributed by atoms with E-state index >= 15 is 0 Å². The first-order valence-electron chi connectivity index (χ1n) is 12.7. The summed E-state index contributed by atoms with van der Waals surface area (Å²) >= 11 is 0. The molecule has 38 heavy (non-hydrogen) atoms. The van der Waals surface area contributed by atoms with E-state index in [2.05, 4.69) is 13.8 Å². The van der Waals surface area contributed by atoms with E-state index in [0.717, 1.165) is 22.6 Å². The Morgan fingerprint density at radius 1 is 0.789 bits per heavy atom. The normalized spacial score (nSPS) is 23.6. The number of ether oxygens (including phenoxy) is 6. The maximum Gasteiger partial charge on any atom is 0.231 e. The van der Waals surface area contributed by atoms with Gasteiger partial charge >= 0.3 is 0 Å². The first kappa shape index (κ1) is 26.0. The Labute approximate surface area is 222 Å². The molecule has 8 heteroatoms. The van der Waals surface area contributed by atoms with E-state index in [-0.39, 0.29) is 36.6 Å². The van der Waals surface area contributed by atoms with Crippen LogP contribution in [0.1, 0.15) is 55.8 Å². The topological polar surface area (TPSA) is 95.8 Å². The average molecular weight is 523 g/mol. The highest BCUT2D eigenvalue weighted by molar-refractivity contribution is 5.47. The van der Waals surface area contributed by atoms with Gasteiger partial charge in [-0.05, 0) is 71.8 Å². The van der Waals surface area contributed by atoms with Crippen LogP contribution in [-0.2, 0) is 4.74 Å². The minimum atomic E-state index is -0.974. The predicted octanol–water partition coefficient (Wildman–Crippen LogP) is 5.72. The van der Waals surface area contributed by atoms with Gasteiger partial charge in [0.25, 0.3) is 0 Å². The summed E-state index contributed by atoms with van der Waals surface area (Å²) in [7, 11) is 3.06. The summed E-state index contributed by atoms with van der Waals surface area (Å²) in [4.78, 5) is 0. The molecule has 1 fully saturated rings. The third-order valence-electron chi connectivity index (χ3n) is 7.62. The van der Waals surface area contributed by atoms with Gasteiger partial charge in [-0.3, -0.25) is 0 Å². The van der Waals surface area contributed by atoms with E-state index in [1.807, 2.05) is 36.4 Å². The molecule has 8 nitrogen and oxygen atoms in total. The van der Waals surface area contributed by atoms with Crippen molar-refractivity contribution in [3.8, 4) is 34.5 Å². The first-order chi connectivity index (χ1) is 18.3. The fourth-order valence-corrected chi connectivity index (χ4v) is 5.20. The zero-order chi connectivity index (χ0) is 27.0. The number of hydrogen-bond donors (Lipinski definition) is 2. The maximum absolute atomic E-state index is 10.8. The summed E-state index contributed by atoms with van der Waals surface area (Å²) < 4.78 is 34.4. The molecule has 0 spiro atoms. The number of aliphatic hydroxyl groups excluding tert-OH is 1. The SMILES string of the molecule is COc1ccc([C@H](O)[C@@H](C)Oc2ccc([C@H]3O[C@H](c4ccc5c(c4)OCO5)[C@H](C)[C@@H]3C)cc2OC)cc1O. The monoisotopic (exact) mass is 522 g/mol. The van der Waals surface area contributed by atoms with Crippen molar-refractivity contribution in [2.45, 2.75) is 45.2 Å². The van der Waals surface area contributed by atoms with E-state index in [9.17, 15) is 10.2 Å². The number of hydrogen-bond acceptors (Lipinski definition) is 8. The van der Waals surface area contributed by atoms with Crippen LogP contribution in [0.25, 0.3) is 0 Å². The van der Waals surface area contributed by atoms with Gasteiger partial charge in [-0.2, -0.15) is 0 Å². The van der Waals surface area contributed by atoms with Gasteiger partial charge in [0.15, 0.2) is 34.5 Å². The first-order valence-corrected chi connectivity index (χ1v) is 12.7. The number of phenolic OH excluding ortho intramolecular Hbond substituents is 1. The molecular formula is C30H34O8. The van der Waals surface area contributed by atoms with Crippen LogP contribution in [0.3, 0.4) is 0 Å². The van der Waals surface area contributed by atoms with Crippen molar-refractivity contribution in [1.82, 2.24) is 0 Å². The van der Waals surface area contributed by atoms with Gasteiger partial charge in [-0.25, -0.2) is 0 Å². The Balaban J connectivity index is 1.32. The van der Waals surface area contributed by atoms with E-state index < -0.39 is 12.2 Å². The fourth-order valence-electron chi connectivity index (χ4n) is 5.20. The smallest absolute Gasteiger partial charge is 0.231 e. The number of phenols is 1. The quantitative estimate of drug-likeness (QED) is 0.388. The van der Waals surface area contributed by atoms with E-state index in [1.165, 1.54) is 13.2 Å². The van der Waals surface area contributed by atoms with Crippen LogP contribution in [0.2, 0.25) is 0 Å². The molecular weight excluding hydrogens is 488 g/mol. The molecule has 6 atom stereocenters. The zero-order valence-electron chi connectivity index (χ0n) is 22.2. The van der Waals surface area contributed by atoms with Crippen LogP contribution in [0.15, 0.2) is 54.6 Å². The van der Waals surface area contributed by atoms with E-state index in [1.54, 1.807) is 26.2 Å². The molecule has 0 aromatic heterocycles. The molecule has 0 amide bonds. The van der Waals surface area contributed by atoms with Crippen LogP contribution >= 0.6 is 0 Å². The standard InChI is InChI=1S/C30H34O8/c1-16-17(2)30(21-7-10-24-27(14-21)36-15-35-24)38-29(16)20-8-11-25(26(13-20)34-5)37-18(3)28(32)19-6-9-23(33-4)22(31)12-19/h6-14,16-18,28-32H,15H2,1-5H3/t16-,17+,18+,28+,29-,30-/m0/s1. The van der Waals surface area contributed by atoms with Gasteiger partial charge in [-0.1, -0.05) is 32.0 Å². The van der Waals surface area contributed by atoms with Crippen molar-refractivity contribution in [3.63, 3.8) is 0 Å². The molecule has 0 saturated carbocycles. The van der Waals surface area contributed by atoms with Gasteiger partial charge in [0.1, 0.15) is 12.2 Å². The summed E-state index contributed by atoms with van der Waals surface area (Å²) in [6.45, 7) is 6.40. The molecule has 2 N–H and O–H groups in total. The molecule has 0 bridgehead atoms. The van der Waals surface area contributed by atoms with Crippen LogP contribution in [-0.4, -0.2) is 37.3 Å². The number of methoxy groups -OCH3 is 2. The molecule has 3 aromatic rings. The second-order valence-electron chi connectivity index (χ2n) is 9.92. The molecule has 3 aromatic carbocycles. The summed E-state index contributed by atoms with van der Waals surface area (Å²) in [5, 5.41) is 20.9. The van der Waals surface area contributed by atoms with Crippen molar-refractivity contribution in [3.05, 3.63) is 71.3 Å². The van der Waals surface area contributed by atoms with Gasteiger partial charge < -0.3 is 38.6 Å². The number of aliphatic hydroxyl groups is 1. The predicted molar refractivity (Wildman–Crippen MR) is 140 cm³/mol. The highest BCUT2D eigenvalue weighted by Crippen LogP contribution is 2.51. The minimum Gasteiger partial charge on any atom is -0.504 e. The van der Waals surface area contributed by atoms with Crippen LogP contribution in [0, 0.1) is 11.8 Å². The van der Waals surface area contributed by atoms with Crippen molar-refractivity contribution in [2.24, 2.45) is 11.8 Å². The van der Waals surface area contributed by atoms with Crippen molar-refractivity contribution < 1.29 is 38.6 Å². The molecule has 2 heterocycles. The summed E-state index contributed by atoms with van der Waals surface area (Å²) in [6.07, 6.45) is -1.80. The number of benzene rings is 3. The van der Waals surface area contributed by atoms with Gasteiger partial charge in [-0.15, -0.1) is 0 Å². The lowest BCUT2D eigenvalue weighted by molar-refractivity contribution is 0.0285. The van der Waals surface area contributed by atoms with Crippen LogP contribution in [0.5, 0.6) is 34.5 Å². The highest BCUT2D eigenvalue weighted by Gasteiger charge is 2.41. The Hall–Kier alpha value is -3.62. The van der Waals surface area contributed by atoms with Crippen LogP contribution in [0.4, 0.5) is 0 Å². The molecule has 5 rings (SSSR count). The third kappa shape index (κ3) is 4.81. The summed E-state index contributed by atoms with van der Waals surface area (Å²) in [5.74, 6) is 3.39. The lowest BCUT2D eigenvalue weighted by Gasteiger charge is -2.23. The Morgan fingerprint density at radius 2 is 1.42 bits per heavy atom. The Morgan fingerprint density at radius 3 is 2.11 bits per heavy atom. The largest absolute Gasteiger partial charge is 0.504 e. The van der Waals surface area contributed by atoms with Gasteiger partial charge in [0, 0.05) is 0 Å². The van der Waals surface area contributed by atoms with Gasteiger partial charge in [0.2, 0.25) is 6.79 Å². The van der Waals surface area contributed by atoms with Crippen LogP contribution < -0.4 is 23.7 Å². The fraction of sp³-hybridized carbons (Fsp3) is 0.400. The number of fused-ring (bicyclic) bond motifs is 1. The highest BCUT2D eigenvalue weighted by atomic mass is 16.7. The summed E-state index contributed by atoms with van der Waals surface area (Å²) in [6, 6.07) is 16.5. The van der Waals surface area contributed by atoms with Crippen molar-refractivity contribution >= 4 is 0 Å². The second kappa shape index (κ2) is 10.6. The third-order valence-corrected chi connectivity index (χ3v) is 7.62. The summed E-state index contributed by atoms with van der Waals surface area (Å²) in [5.41, 5.74) is 2.57. The molecule has 1 saturated heterocycles. The van der Waals surface area contributed by atoms with E-state index in [0.29, 0.717) is 22.8 Å². The number of rotatable bonds is 8. The molecule has 202 valence electrons. The molecule has 0 unspecified atom stereocenters. The molecule has 0 aliphatic carbocycles. The lowest BCUT2D eigenvalue weighted by atomic mass is 9.85. The van der Waals surface area contributed by atoms with Crippen molar-refractivity contribution in [1.29, 1.82) is 0 Å². The van der Waals surface area contributed by atoms with Crippen molar-refractivity contribution in [2.75, 3.05) is 21.0 Å². The molecule has 2 aliphatic heterocycles. The number of aromatic hydroxyl groups is 1.